The fourth-order valence-corrected chi connectivity index (χ4v) is 12.3. The molecule has 7 aromatic carbocycles. The Hall–Kier alpha value is -6.38. The van der Waals surface area contributed by atoms with Crippen LogP contribution in [0.1, 0.15) is 99.9 Å². The lowest BCUT2D eigenvalue weighted by molar-refractivity contribution is 0.617. The Kier molecular flexibility index (Phi) is 6.24. The number of para-hydroxylation sites is 2. The summed E-state index contributed by atoms with van der Waals surface area (Å²) in [5.74, 6) is 2.00. The van der Waals surface area contributed by atoms with Crippen LogP contribution < -0.4 is 0 Å². The zero-order valence-electron chi connectivity index (χ0n) is 35.5. The van der Waals surface area contributed by atoms with Gasteiger partial charge < -0.3 is 8.83 Å². The third-order valence-corrected chi connectivity index (χ3v) is 15.5. The summed E-state index contributed by atoms with van der Waals surface area (Å²) in [5, 5.41) is 2.39. The molecule has 0 spiro atoms. The van der Waals surface area contributed by atoms with Crippen molar-refractivity contribution in [3.8, 4) is 67.2 Å². The highest BCUT2D eigenvalue weighted by atomic mass is 16.3. The zero-order valence-corrected chi connectivity index (χ0v) is 35.5. The van der Waals surface area contributed by atoms with Crippen molar-refractivity contribution in [1.82, 2.24) is 0 Å². The van der Waals surface area contributed by atoms with Crippen LogP contribution in [0.4, 0.5) is 0 Å². The molecule has 0 N–H and O–H groups in total. The lowest BCUT2D eigenvalue weighted by atomic mass is 9.78. The van der Waals surface area contributed by atoms with E-state index in [1.807, 2.05) is 0 Å². The summed E-state index contributed by atoms with van der Waals surface area (Å²) in [5.41, 5.74) is 24.4. The SMILES string of the molecule is CC1(C)c2ccccc2-c2ccc(-c3cccc4c5c(oc34)-c3cc4c(cc3C5(C)C)-c3oc5c(-c6ccc7c(c6)C(C)(C)c6ccccc6-7)cccc5c3C4(C)C)cc21. The Morgan fingerprint density at radius 2 is 0.667 bits per heavy atom. The van der Waals surface area contributed by atoms with Gasteiger partial charge in [-0.3, -0.25) is 0 Å². The Morgan fingerprint density at radius 1 is 0.300 bits per heavy atom. The minimum Gasteiger partial charge on any atom is -0.455 e. The summed E-state index contributed by atoms with van der Waals surface area (Å²) >= 11 is 0. The quantitative estimate of drug-likeness (QED) is 0.175. The van der Waals surface area contributed by atoms with Crippen LogP contribution in [-0.4, -0.2) is 0 Å². The first-order chi connectivity index (χ1) is 28.8. The Morgan fingerprint density at radius 3 is 1.10 bits per heavy atom. The number of fused-ring (bicyclic) bond motifs is 16. The molecule has 0 saturated carbocycles. The molecule has 2 heterocycles. The first-order valence-electron chi connectivity index (χ1n) is 21.6. The van der Waals surface area contributed by atoms with Crippen molar-refractivity contribution in [2.24, 2.45) is 0 Å². The van der Waals surface area contributed by atoms with Gasteiger partial charge in [0.25, 0.3) is 0 Å². The third-order valence-electron chi connectivity index (χ3n) is 15.5. The minimum atomic E-state index is -0.274. The van der Waals surface area contributed by atoms with Crippen LogP contribution in [-0.2, 0) is 21.7 Å². The Bertz CT molecular complexity index is 3200. The van der Waals surface area contributed by atoms with Crippen LogP contribution in [0.3, 0.4) is 0 Å². The molecule has 0 saturated heterocycles. The molecule has 0 aliphatic heterocycles. The molecule has 9 aromatic rings. The van der Waals surface area contributed by atoms with E-state index in [1.54, 1.807) is 0 Å². The third kappa shape index (κ3) is 4.01. The number of rotatable bonds is 2. The number of hydrogen-bond donors (Lipinski definition) is 0. The predicted octanol–water partition coefficient (Wildman–Crippen LogP) is 15.7. The molecule has 0 fully saturated rings. The lowest BCUT2D eigenvalue weighted by Crippen LogP contribution is -2.17. The fraction of sp³-hybridized carbons (Fsp3) is 0.207. The molecule has 0 bridgehead atoms. The fourth-order valence-electron chi connectivity index (χ4n) is 12.3. The van der Waals surface area contributed by atoms with E-state index in [2.05, 4.69) is 189 Å². The largest absolute Gasteiger partial charge is 0.455 e. The summed E-state index contributed by atoms with van der Waals surface area (Å²) in [6, 6.07) is 50.0. The normalized spacial score (nSPS) is 17.2. The minimum absolute atomic E-state index is 0.0685. The van der Waals surface area contributed by atoms with Gasteiger partial charge in [0.1, 0.15) is 22.7 Å². The summed E-state index contributed by atoms with van der Waals surface area (Å²) in [6.45, 7) is 18.9. The van der Waals surface area contributed by atoms with Crippen LogP contribution in [0.5, 0.6) is 0 Å². The van der Waals surface area contributed by atoms with E-state index in [-0.39, 0.29) is 21.7 Å². The number of benzene rings is 7. The van der Waals surface area contributed by atoms with E-state index in [4.69, 9.17) is 8.83 Å². The van der Waals surface area contributed by atoms with Crippen LogP contribution in [0, 0.1) is 0 Å². The average Bonchev–Trinajstić information content (AvgIpc) is 4.04. The second kappa shape index (κ2) is 10.9. The molecule has 13 rings (SSSR count). The van der Waals surface area contributed by atoms with Crippen molar-refractivity contribution < 1.29 is 8.83 Å². The van der Waals surface area contributed by atoms with Gasteiger partial charge in [0.2, 0.25) is 0 Å². The van der Waals surface area contributed by atoms with Gasteiger partial charge in [-0.1, -0.05) is 165 Å². The Balaban J connectivity index is 0.939. The summed E-state index contributed by atoms with van der Waals surface area (Å²) in [4.78, 5) is 0. The first kappa shape index (κ1) is 34.5. The van der Waals surface area contributed by atoms with Crippen LogP contribution in [0.15, 0.2) is 142 Å². The van der Waals surface area contributed by atoms with E-state index in [0.717, 1.165) is 33.8 Å². The molecule has 60 heavy (non-hydrogen) atoms. The molecule has 2 heteroatoms. The highest BCUT2D eigenvalue weighted by molar-refractivity contribution is 6.05. The molecule has 4 aliphatic rings. The van der Waals surface area contributed by atoms with Crippen molar-refractivity contribution >= 4 is 21.9 Å². The molecule has 4 aliphatic carbocycles. The summed E-state index contributed by atoms with van der Waals surface area (Å²) in [7, 11) is 0. The van der Waals surface area contributed by atoms with Crippen molar-refractivity contribution in [3.05, 3.63) is 178 Å². The zero-order chi connectivity index (χ0) is 40.8. The summed E-state index contributed by atoms with van der Waals surface area (Å²) in [6.07, 6.45) is 0. The molecule has 2 nitrogen and oxygen atoms in total. The van der Waals surface area contributed by atoms with Crippen molar-refractivity contribution in [2.75, 3.05) is 0 Å². The van der Waals surface area contributed by atoms with E-state index >= 15 is 0 Å². The van der Waals surface area contributed by atoms with Gasteiger partial charge in [-0.25, -0.2) is 0 Å². The van der Waals surface area contributed by atoms with Gasteiger partial charge in [-0.2, -0.15) is 0 Å². The van der Waals surface area contributed by atoms with Gasteiger partial charge in [0, 0.05) is 65.8 Å². The predicted molar refractivity (Wildman–Crippen MR) is 247 cm³/mol. The number of hydrogen-bond acceptors (Lipinski definition) is 2. The highest BCUT2D eigenvalue weighted by Gasteiger charge is 2.47. The monoisotopic (exact) mass is 774 g/mol. The van der Waals surface area contributed by atoms with Crippen molar-refractivity contribution in [1.29, 1.82) is 0 Å². The standard InChI is InChI=1S/C58H46O2/c1-55(2)43-21-11-9-15-35(43)37-25-23-31(27-45(37)55)33-17-13-19-39-49-53(59-51(33)39)41-29-48-42(30-47(41)57(49,5)6)54-50(58(48,7)8)40-20-14-18-34(52(40)60-54)32-24-26-38-36-16-10-12-22-44(36)56(3,4)46(38)28-32/h9-30H,1-8H3. The van der Waals surface area contributed by atoms with Crippen molar-refractivity contribution in [3.63, 3.8) is 0 Å². The average molecular weight is 775 g/mol. The van der Waals surface area contributed by atoms with Gasteiger partial charge in [0.15, 0.2) is 0 Å². The van der Waals surface area contributed by atoms with Gasteiger partial charge in [-0.05, 0) is 91.0 Å². The second-order valence-corrected chi connectivity index (χ2v) is 20.0. The summed E-state index contributed by atoms with van der Waals surface area (Å²) < 4.78 is 14.3. The maximum Gasteiger partial charge on any atom is 0.142 e. The van der Waals surface area contributed by atoms with E-state index in [9.17, 15) is 0 Å². The van der Waals surface area contributed by atoms with Crippen LogP contribution in [0.25, 0.3) is 89.1 Å². The van der Waals surface area contributed by atoms with Gasteiger partial charge in [0.05, 0.1) is 0 Å². The number of furan rings is 2. The molecule has 0 radical (unpaired) electrons. The smallest absolute Gasteiger partial charge is 0.142 e. The molecular weight excluding hydrogens is 729 g/mol. The molecule has 0 unspecified atom stereocenters. The second-order valence-electron chi connectivity index (χ2n) is 20.0. The Labute approximate surface area is 351 Å². The lowest BCUT2D eigenvalue weighted by Gasteiger charge is -2.24. The molecule has 0 amide bonds. The molecular formula is C58H46O2. The van der Waals surface area contributed by atoms with Crippen LogP contribution in [0.2, 0.25) is 0 Å². The van der Waals surface area contributed by atoms with E-state index in [0.29, 0.717) is 0 Å². The van der Waals surface area contributed by atoms with E-state index < -0.39 is 0 Å². The van der Waals surface area contributed by atoms with Gasteiger partial charge in [-0.15, -0.1) is 0 Å². The maximum absolute atomic E-state index is 7.16. The highest BCUT2D eigenvalue weighted by Crippen LogP contribution is 2.61. The molecule has 0 atom stereocenters. The van der Waals surface area contributed by atoms with Gasteiger partial charge >= 0.3 is 0 Å². The van der Waals surface area contributed by atoms with Crippen molar-refractivity contribution in [2.45, 2.75) is 77.0 Å². The van der Waals surface area contributed by atoms with E-state index in [1.165, 1.54) is 99.8 Å². The topological polar surface area (TPSA) is 26.3 Å². The maximum atomic E-state index is 7.16. The first-order valence-corrected chi connectivity index (χ1v) is 21.6. The molecule has 2 aromatic heterocycles. The van der Waals surface area contributed by atoms with Crippen LogP contribution >= 0.6 is 0 Å². The molecule has 290 valence electrons.